The first-order chi connectivity index (χ1) is 19.7. The normalized spacial score (nSPS) is 18.1. The number of carbonyl (C=O) groups is 1. The molecular weight excluding hydrogens is 504 g/mol. The van der Waals surface area contributed by atoms with Crippen LogP contribution in [0, 0.1) is 0 Å². The molecule has 2 amide bonds. The Kier molecular flexibility index (Phi) is 9.67. The zero-order valence-corrected chi connectivity index (χ0v) is 23.6. The molecule has 3 aliphatic rings. The van der Waals surface area contributed by atoms with Gasteiger partial charge in [0, 0.05) is 68.6 Å². The third-order valence-corrected chi connectivity index (χ3v) is 8.27. The standard InChI is InChI=1S/C30H38N6O2.CH4O/c37-30(33-24-5-7-25(8-6-24)35-15-3-4-16-35)36-17-11-23(12-18-36)29-27-10-9-26(21-28(27)31-22-32-29)38-20-19-34-13-1-2-14-34;1-2/h5-10,21-23H,1-4,11-20H2,(H,33,37);2H,1H3. The molecule has 3 fully saturated rings. The zero-order valence-electron chi connectivity index (χ0n) is 23.6. The molecule has 40 heavy (non-hydrogen) atoms. The lowest BCUT2D eigenvalue weighted by Gasteiger charge is -2.32. The quantitative estimate of drug-likeness (QED) is 0.443. The topological polar surface area (TPSA) is 94.1 Å². The van der Waals surface area contributed by atoms with Gasteiger partial charge in [-0.15, -0.1) is 0 Å². The molecule has 4 heterocycles. The third kappa shape index (κ3) is 6.82. The van der Waals surface area contributed by atoms with Crippen molar-refractivity contribution in [3.63, 3.8) is 0 Å². The van der Waals surface area contributed by atoms with E-state index in [9.17, 15) is 4.79 Å². The maximum atomic E-state index is 12.9. The summed E-state index contributed by atoms with van der Waals surface area (Å²) >= 11 is 0. The molecule has 3 aliphatic heterocycles. The van der Waals surface area contributed by atoms with Crippen molar-refractivity contribution in [3.05, 3.63) is 54.5 Å². The minimum absolute atomic E-state index is 0.0272. The first-order valence-electron chi connectivity index (χ1n) is 14.7. The number of nitrogens with zero attached hydrogens (tertiary/aromatic N) is 5. The van der Waals surface area contributed by atoms with Crippen molar-refractivity contribution >= 4 is 28.3 Å². The highest BCUT2D eigenvalue weighted by atomic mass is 16.5. The summed E-state index contributed by atoms with van der Waals surface area (Å²) in [6.45, 7) is 7.72. The smallest absolute Gasteiger partial charge is 0.321 e. The Morgan fingerprint density at radius 3 is 2.35 bits per heavy atom. The van der Waals surface area contributed by atoms with Crippen molar-refractivity contribution in [1.29, 1.82) is 0 Å². The minimum Gasteiger partial charge on any atom is -0.492 e. The maximum absolute atomic E-state index is 12.9. The SMILES string of the molecule is CO.O=C(Nc1ccc(N2CCCC2)cc1)N1CCC(c2ncnc3cc(OCCN4CCCC4)ccc23)CC1. The number of likely N-dealkylation sites (tertiary alicyclic amines) is 2. The van der Waals surface area contributed by atoms with Gasteiger partial charge >= 0.3 is 6.03 Å². The first-order valence-corrected chi connectivity index (χ1v) is 14.7. The second kappa shape index (κ2) is 13.8. The Bertz CT molecular complexity index is 1230. The van der Waals surface area contributed by atoms with Gasteiger partial charge in [0.05, 0.1) is 11.2 Å². The van der Waals surface area contributed by atoms with E-state index in [1.54, 1.807) is 6.33 Å². The van der Waals surface area contributed by atoms with E-state index >= 15 is 0 Å². The summed E-state index contributed by atoms with van der Waals surface area (Å²) < 4.78 is 6.03. The molecule has 1 aromatic heterocycles. The van der Waals surface area contributed by atoms with Crippen LogP contribution in [0.4, 0.5) is 16.2 Å². The van der Waals surface area contributed by atoms with E-state index in [0.29, 0.717) is 25.6 Å². The number of fused-ring (bicyclic) bond motifs is 1. The lowest BCUT2D eigenvalue weighted by atomic mass is 9.91. The summed E-state index contributed by atoms with van der Waals surface area (Å²) in [5.41, 5.74) is 4.09. The summed E-state index contributed by atoms with van der Waals surface area (Å²) in [6.07, 6.45) is 8.55. The molecule has 6 rings (SSSR count). The largest absolute Gasteiger partial charge is 0.492 e. The van der Waals surface area contributed by atoms with Gasteiger partial charge in [-0.2, -0.15) is 0 Å². The third-order valence-electron chi connectivity index (χ3n) is 8.27. The fourth-order valence-corrected chi connectivity index (χ4v) is 6.06. The van der Waals surface area contributed by atoms with Gasteiger partial charge in [0.1, 0.15) is 18.7 Å². The van der Waals surface area contributed by atoms with Gasteiger partial charge in [-0.25, -0.2) is 14.8 Å². The average molecular weight is 547 g/mol. The number of urea groups is 1. The van der Waals surface area contributed by atoms with Crippen molar-refractivity contribution in [2.75, 3.05) is 69.7 Å². The van der Waals surface area contributed by atoms with Crippen LogP contribution in [-0.4, -0.2) is 90.4 Å². The molecule has 2 aromatic carbocycles. The molecule has 214 valence electrons. The molecule has 0 saturated carbocycles. The van der Waals surface area contributed by atoms with E-state index in [2.05, 4.69) is 43.3 Å². The fraction of sp³-hybridized carbons (Fsp3) is 0.516. The number of piperidine rings is 1. The van der Waals surface area contributed by atoms with Gasteiger partial charge in [-0.05, 0) is 88.0 Å². The summed E-state index contributed by atoms with van der Waals surface area (Å²) in [7, 11) is 1.00. The molecule has 0 spiro atoms. The monoisotopic (exact) mass is 546 g/mol. The molecule has 2 N–H and O–H groups in total. The number of hydrogen-bond acceptors (Lipinski definition) is 7. The van der Waals surface area contributed by atoms with E-state index in [0.717, 1.165) is 67.6 Å². The maximum Gasteiger partial charge on any atom is 0.321 e. The number of nitrogens with one attached hydrogen (secondary N) is 1. The van der Waals surface area contributed by atoms with Gasteiger partial charge in [0.15, 0.2) is 0 Å². The van der Waals surface area contributed by atoms with Crippen molar-refractivity contribution in [2.24, 2.45) is 0 Å². The van der Waals surface area contributed by atoms with Crippen LogP contribution in [0.25, 0.3) is 10.9 Å². The molecular formula is C31H42N6O3. The number of aliphatic hydroxyl groups is 1. The van der Waals surface area contributed by atoms with Crippen LogP contribution >= 0.6 is 0 Å². The van der Waals surface area contributed by atoms with Crippen LogP contribution in [0.2, 0.25) is 0 Å². The zero-order chi connectivity index (χ0) is 27.7. The summed E-state index contributed by atoms with van der Waals surface area (Å²) in [4.78, 5) is 28.9. The van der Waals surface area contributed by atoms with Crippen LogP contribution in [0.1, 0.15) is 50.1 Å². The second-order valence-corrected chi connectivity index (χ2v) is 10.8. The van der Waals surface area contributed by atoms with Crippen molar-refractivity contribution in [3.8, 4) is 5.75 Å². The highest BCUT2D eigenvalue weighted by Gasteiger charge is 2.26. The molecule has 3 aromatic rings. The number of carbonyl (C=O) groups excluding carboxylic acids is 1. The Balaban J connectivity index is 0.00000158. The highest BCUT2D eigenvalue weighted by molar-refractivity contribution is 5.89. The summed E-state index contributed by atoms with van der Waals surface area (Å²) in [6, 6.07) is 14.4. The average Bonchev–Trinajstić information content (AvgIpc) is 3.74. The van der Waals surface area contributed by atoms with Crippen LogP contribution in [0.15, 0.2) is 48.8 Å². The first kappa shape index (κ1) is 28.1. The van der Waals surface area contributed by atoms with Crippen LogP contribution < -0.4 is 15.0 Å². The Hall–Kier alpha value is -3.43. The molecule has 0 unspecified atom stereocenters. The van der Waals surface area contributed by atoms with E-state index in [1.807, 2.05) is 29.2 Å². The van der Waals surface area contributed by atoms with Crippen molar-refractivity contribution in [1.82, 2.24) is 19.8 Å². The molecule has 0 bridgehead atoms. The van der Waals surface area contributed by atoms with Gasteiger partial charge in [-0.3, -0.25) is 4.90 Å². The number of amides is 2. The molecule has 0 aliphatic carbocycles. The van der Waals surface area contributed by atoms with Gasteiger partial charge in [0.2, 0.25) is 0 Å². The number of benzene rings is 2. The van der Waals surface area contributed by atoms with E-state index < -0.39 is 0 Å². The lowest BCUT2D eigenvalue weighted by molar-refractivity contribution is 0.194. The van der Waals surface area contributed by atoms with E-state index in [-0.39, 0.29) is 6.03 Å². The Labute approximate surface area is 237 Å². The van der Waals surface area contributed by atoms with Crippen molar-refractivity contribution in [2.45, 2.75) is 44.4 Å². The van der Waals surface area contributed by atoms with Gasteiger partial charge < -0.3 is 25.0 Å². The minimum atomic E-state index is -0.0272. The number of anilines is 2. The lowest BCUT2D eigenvalue weighted by Crippen LogP contribution is -2.40. The number of ether oxygens (including phenoxy) is 1. The van der Waals surface area contributed by atoms with Crippen LogP contribution in [0.5, 0.6) is 5.75 Å². The predicted molar refractivity (Wildman–Crippen MR) is 159 cm³/mol. The van der Waals surface area contributed by atoms with Gasteiger partial charge in [-0.1, -0.05) is 0 Å². The Morgan fingerprint density at radius 2 is 1.62 bits per heavy atom. The molecule has 0 radical (unpaired) electrons. The summed E-state index contributed by atoms with van der Waals surface area (Å²) in [5, 5.41) is 11.2. The second-order valence-electron chi connectivity index (χ2n) is 10.8. The van der Waals surface area contributed by atoms with Crippen LogP contribution in [-0.2, 0) is 0 Å². The van der Waals surface area contributed by atoms with Gasteiger partial charge in [0.25, 0.3) is 0 Å². The van der Waals surface area contributed by atoms with E-state index in [1.165, 1.54) is 44.5 Å². The van der Waals surface area contributed by atoms with Crippen molar-refractivity contribution < 1.29 is 14.6 Å². The fourth-order valence-electron chi connectivity index (χ4n) is 6.06. The number of hydrogen-bond donors (Lipinski definition) is 2. The molecule has 9 heteroatoms. The Morgan fingerprint density at radius 1 is 0.925 bits per heavy atom. The molecule has 0 atom stereocenters. The predicted octanol–water partition coefficient (Wildman–Crippen LogP) is 4.72. The number of aromatic nitrogens is 2. The molecule has 3 saturated heterocycles. The van der Waals surface area contributed by atoms with E-state index in [4.69, 9.17) is 9.84 Å². The number of rotatable bonds is 7. The highest BCUT2D eigenvalue weighted by Crippen LogP contribution is 2.32. The summed E-state index contributed by atoms with van der Waals surface area (Å²) in [5.74, 6) is 1.17. The van der Waals surface area contributed by atoms with Crippen LogP contribution in [0.3, 0.4) is 0 Å². The molecule has 9 nitrogen and oxygen atoms in total. The number of aliphatic hydroxyl groups excluding tert-OH is 1.